The monoisotopic (exact) mass is 428 g/mol. The van der Waals surface area contributed by atoms with Crippen LogP contribution in [0.25, 0.3) is 10.1 Å². The SMILES string of the molecule is COCCNC(=O)c1sc2ccccc2c1C1CN(Cc2ccccc2F)CCO1. The van der Waals surface area contributed by atoms with Crippen molar-refractivity contribution in [1.82, 2.24) is 10.2 Å². The number of benzene rings is 2. The molecule has 7 heteroatoms. The number of halogens is 1. The van der Waals surface area contributed by atoms with E-state index < -0.39 is 0 Å². The highest BCUT2D eigenvalue weighted by Gasteiger charge is 2.30. The van der Waals surface area contributed by atoms with Crippen LogP contribution >= 0.6 is 11.3 Å². The van der Waals surface area contributed by atoms with Gasteiger partial charge in [0.1, 0.15) is 5.82 Å². The Morgan fingerprint density at radius 3 is 2.90 bits per heavy atom. The molecule has 2 heterocycles. The molecule has 0 saturated carbocycles. The molecule has 0 aliphatic carbocycles. The van der Waals surface area contributed by atoms with Crippen molar-refractivity contribution in [1.29, 1.82) is 0 Å². The maximum Gasteiger partial charge on any atom is 0.261 e. The van der Waals surface area contributed by atoms with Crippen LogP contribution in [0.2, 0.25) is 0 Å². The smallest absolute Gasteiger partial charge is 0.261 e. The summed E-state index contributed by atoms with van der Waals surface area (Å²) in [5.74, 6) is -0.308. The molecule has 1 aliphatic heterocycles. The standard InChI is InChI=1S/C23H25FN2O3S/c1-28-12-10-25-23(27)22-21(17-7-3-5-9-20(17)30-22)19-15-26(11-13-29-19)14-16-6-2-4-8-18(16)24/h2-9,19H,10-15H2,1H3,(H,25,27). The van der Waals surface area contributed by atoms with Crippen molar-refractivity contribution < 1.29 is 18.7 Å². The van der Waals surface area contributed by atoms with Gasteiger partial charge in [0.15, 0.2) is 0 Å². The number of fused-ring (bicyclic) bond motifs is 1. The number of amides is 1. The van der Waals surface area contributed by atoms with Crippen LogP contribution in [-0.2, 0) is 16.0 Å². The second-order valence-electron chi connectivity index (χ2n) is 7.28. The molecule has 1 saturated heterocycles. The Morgan fingerprint density at radius 2 is 2.07 bits per heavy atom. The van der Waals surface area contributed by atoms with Crippen molar-refractivity contribution in [3.05, 3.63) is 70.4 Å². The van der Waals surface area contributed by atoms with Crippen molar-refractivity contribution in [2.24, 2.45) is 0 Å². The average Bonchev–Trinajstić information content (AvgIpc) is 3.15. The van der Waals surface area contributed by atoms with Gasteiger partial charge in [-0.05, 0) is 17.5 Å². The number of carbonyl (C=O) groups excluding carboxylic acids is 1. The van der Waals surface area contributed by atoms with E-state index in [0.717, 1.165) is 22.2 Å². The molecule has 1 fully saturated rings. The van der Waals surface area contributed by atoms with Crippen molar-refractivity contribution in [3.8, 4) is 0 Å². The fourth-order valence-electron chi connectivity index (χ4n) is 3.79. The molecule has 0 spiro atoms. The first-order valence-corrected chi connectivity index (χ1v) is 10.8. The van der Waals surface area contributed by atoms with Crippen LogP contribution in [0.5, 0.6) is 0 Å². The van der Waals surface area contributed by atoms with Gasteiger partial charge in [0.25, 0.3) is 5.91 Å². The topological polar surface area (TPSA) is 50.8 Å². The Morgan fingerprint density at radius 1 is 1.27 bits per heavy atom. The van der Waals surface area contributed by atoms with Gasteiger partial charge in [-0.1, -0.05) is 36.4 Å². The first kappa shape index (κ1) is 20.9. The molecule has 1 N–H and O–H groups in total. The van der Waals surface area contributed by atoms with Crippen molar-refractivity contribution in [2.45, 2.75) is 12.6 Å². The molecule has 1 atom stereocenters. The van der Waals surface area contributed by atoms with Gasteiger partial charge in [-0.15, -0.1) is 11.3 Å². The highest BCUT2D eigenvalue weighted by molar-refractivity contribution is 7.21. The van der Waals surface area contributed by atoms with E-state index in [9.17, 15) is 9.18 Å². The normalized spacial score (nSPS) is 17.3. The first-order chi connectivity index (χ1) is 14.7. The molecule has 0 radical (unpaired) electrons. The minimum atomic E-state index is -0.246. The van der Waals surface area contributed by atoms with E-state index in [2.05, 4.69) is 10.2 Å². The van der Waals surface area contributed by atoms with Gasteiger partial charge in [-0.25, -0.2) is 4.39 Å². The van der Waals surface area contributed by atoms with Crippen molar-refractivity contribution >= 4 is 27.3 Å². The quantitative estimate of drug-likeness (QED) is 0.578. The molecule has 4 rings (SSSR count). The molecule has 2 aromatic carbocycles. The minimum Gasteiger partial charge on any atom is -0.383 e. The third-order valence-corrected chi connectivity index (χ3v) is 6.44. The number of thiophene rings is 1. The number of nitrogens with one attached hydrogen (secondary N) is 1. The molecule has 158 valence electrons. The summed E-state index contributed by atoms with van der Waals surface area (Å²) < 4.78 is 26.3. The number of hydrogen-bond donors (Lipinski definition) is 1. The van der Waals surface area contributed by atoms with E-state index in [4.69, 9.17) is 9.47 Å². The van der Waals surface area contributed by atoms with Crippen LogP contribution in [-0.4, -0.2) is 50.8 Å². The fraction of sp³-hybridized carbons (Fsp3) is 0.348. The van der Waals surface area contributed by atoms with E-state index in [-0.39, 0.29) is 17.8 Å². The molecule has 1 amide bonds. The van der Waals surface area contributed by atoms with Gasteiger partial charge >= 0.3 is 0 Å². The second kappa shape index (κ2) is 9.66. The number of nitrogens with zero attached hydrogens (tertiary/aromatic N) is 1. The molecule has 1 aliphatic rings. The maximum absolute atomic E-state index is 14.1. The average molecular weight is 429 g/mol. The van der Waals surface area contributed by atoms with Gasteiger partial charge in [-0.3, -0.25) is 9.69 Å². The fourth-order valence-corrected chi connectivity index (χ4v) is 4.96. The largest absolute Gasteiger partial charge is 0.383 e. The van der Waals surface area contributed by atoms with Gasteiger partial charge in [0.2, 0.25) is 0 Å². The number of rotatable bonds is 7. The van der Waals surface area contributed by atoms with Crippen LogP contribution in [0.4, 0.5) is 4.39 Å². The summed E-state index contributed by atoms with van der Waals surface area (Å²) in [6.45, 7) is 3.30. The van der Waals surface area contributed by atoms with E-state index in [0.29, 0.717) is 43.3 Å². The predicted molar refractivity (Wildman–Crippen MR) is 116 cm³/mol. The lowest BCUT2D eigenvalue weighted by Crippen LogP contribution is -2.38. The maximum atomic E-state index is 14.1. The van der Waals surface area contributed by atoms with Crippen LogP contribution in [0.15, 0.2) is 48.5 Å². The zero-order valence-corrected chi connectivity index (χ0v) is 17.7. The molecule has 1 unspecified atom stereocenters. The van der Waals surface area contributed by atoms with Crippen LogP contribution < -0.4 is 5.32 Å². The molecule has 1 aromatic heterocycles. The zero-order valence-electron chi connectivity index (χ0n) is 16.9. The summed E-state index contributed by atoms with van der Waals surface area (Å²) in [4.78, 5) is 15.8. The Balaban J connectivity index is 1.60. The summed E-state index contributed by atoms with van der Waals surface area (Å²) in [7, 11) is 1.61. The van der Waals surface area contributed by atoms with Crippen LogP contribution in [0.3, 0.4) is 0 Å². The molecular weight excluding hydrogens is 403 g/mol. The van der Waals surface area contributed by atoms with Crippen molar-refractivity contribution in [2.75, 3.05) is 40.0 Å². The second-order valence-corrected chi connectivity index (χ2v) is 8.33. The van der Waals surface area contributed by atoms with Gasteiger partial charge in [0.05, 0.1) is 24.2 Å². The molecule has 5 nitrogen and oxygen atoms in total. The number of ether oxygens (including phenoxy) is 2. The van der Waals surface area contributed by atoms with Crippen LogP contribution in [0.1, 0.15) is 26.9 Å². The van der Waals surface area contributed by atoms with Gasteiger partial charge in [-0.2, -0.15) is 0 Å². The molecule has 30 heavy (non-hydrogen) atoms. The lowest BCUT2D eigenvalue weighted by atomic mass is 10.0. The summed E-state index contributed by atoms with van der Waals surface area (Å²) >= 11 is 1.48. The summed E-state index contributed by atoms with van der Waals surface area (Å²) in [5, 5.41) is 3.97. The Labute approximate surface area is 179 Å². The number of morpholine rings is 1. The molecule has 3 aromatic rings. The Hall–Kier alpha value is -2.32. The van der Waals surface area contributed by atoms with Crippen molar-refractivity contribution in [3.63, 3.8) is 0 Å². The van der Waals surface area contributed by atoms with Crippen LogP contribution in [0, 0.1) is 5.82 Å². The number of carbonyl (C=O) groups is 1. The van der Waals surface area contributed by atoms with E-state index >= 15 is 0 Å². The molecular formula is C23H25FN2O3S. The third kappa shape index (κ3) is 4.54. The third-order valence-electron chi connectivity index (χ3n) is 5.26. The lowest BCUT2D eigenvalue weighted by Gasteiger charge is -2.33. The van der Waals surface area contributed by atoms with E-state index in [1.807, 2.05) is 36.4 Å². The van der Waals surface area contributed by atoms with E-state index in [1.54, 1.807) is 13.2 Å². The highest BCUT2D eigenvalue weighted by Crippen LogP contribution is 2.38. The Kier molecular flexibility index (Phi) is 6.74. The summed E-state index contributed by atoms with van der Waals surface area (Å²) in [5.41, 5.74) is 1.59. The highest BCUT2D eigenvalue weighted by atomic mass is 32.1. The number of methoxy groups -OCH3 is 1. The predicted octanol–water partition coefficient (Wildman–Crippen LogP) is 3.99. The summed E-state index contributed by atoms with van der Waals surface area (Å²) in [6, 6.07) is 14.9. The van der Waals surface area contributed by atoms with Gasteiger partial charge in [0, 0.05) is 49.1 Å². The lowest BCUT2D eigenvalue weighted by molar-refractivity contribution is -0.0326. The first-order valence-electron chi connectivity index (χ1n) is 10.0. The minimum absolute atomic E-state index is 0.113. The molecule has 0 bridgehead atoms. The van der Waals surface area contributed by atoms with E-state index in [1.165, 1.54) is 17.4 Å². The zero-order chi connectivity index (χ0) is 20.9. The van der Waals surface area contributed by atoms with Gasteiger partial charge < -0.3 is 14.8 Å². The summed E-state index contributed by atoms with van der Waals surface area (Å²) in [6.07, 6.45) is -0.246. The Bertz CT molecular complexity index is 1020. The number of hydrogen-bond acceptors (Lipinski definition) is 5.